The molecule has 0 atom stereocenters. The van der Waals surface area contributed by atoms with Crippen molar-refractivity contribution >= 4 is 22.5 Å². The lowest BCUT2D eigenvalue weighted by Crippen LogP contribution is -2.17. The fourth-order valence-electron chi connectivity index (χ4n) is 3.08. The van der Waals surface area contributed by atoms with Gasteiger partial charge in [-0.2, -0.15) is 13.2 Å². The van der Waals surface area contributed by atoms with Gasteiger partial charge in [-0.1, -0.05) is 0 Å². The molecule has 2 aromatic carbocycles. The van der Waals surface area contributed by atoms with E-state index in [0.717, 1.165) is 24.3 Å². The van der Waals surface area contributed by atoms with Crippen molar-refractivity contribution in [3.63, 3.8) is 0 Å². The average molecular weight is 453 g/mol. The molecule has 4 rings (SSSR count). The molecule has 0 aliphatic heterocycles. The van der Waals surface area contributed by atoms with Crippen LogP contribution in [-0.4, -0.2) is 25.9 Å². The van der Waals surface area contributed by atoms with E-state index in [1.165, 1.54) is 30.6 Å². The topological polar surface area (TPSA) is 64.9 Å². The Kier molecular flexibility index (Phi) is 5.15. The van der Waals surface area contributed by atoms with Crippen molar-refractivity contribution in [2.24, 2.45) is 0 Å². The van der Waals surface area contributed by atoms with E-state index in [1.807, 2.05) is 0 Å². The van der Waals surface area contributed by atoms with Crippen LogP contribution in [0.4, 0.5) is 37.8 Å². The largest absolute Gasteiger partial charge is 0.573 e. The van der Waals surface area contributed by atoms with E-state index >= 15 is 0 Å². The summed E-state index contributed by atoms with van der Waals surface area (Å²) in [6.07, 6.45) is -6.46. The Bertz CT molecular complexity index is 1260. The van der Waals surface area contributed by atoms with Crippen LogP contribution in [0.1, 0.15) is 11.4 Å². The molecule has 0 aliphatic carbocycles. The summed E-state index contributed by atoms with van der Waals surface area (Å²) in [5, 5.41) is 2.87. The molecule has 1 N–H and O–H groups in total. The Labute approximate surface area is 176 Å². The van der Waals surface area contributed by atoms with Gasteiger partial charge < -0.3 is 10.1 Å². The highest BCUT2D eigenvalue weighted by atomic mass is 19.4. The van der Waals surface area contributed by atoms with E-state index < -0.39 is 23.9 Å². The summed E-state index contributed by atoms with van der Waals surface area (Å²) in [5.74, 6) is 0.593. The van der Waals surface area contributed by atoms with Crippen LogP contribution in [0.15, 0.2) is 54.9 Å². The van der Waals surface area contributed by atoms with Crippen LogP contribution < -0.4 is 10.1 Å². The van der Waals surface area contributed by atoms with Crippen LogP contribution in [0.3, 0.4) is 0 Å². The quantitative estimate of drug-likeness (QED) is 0.397. The predicted octanol–water partition coefficient (Wildman–Crippen LogP) is 5.78. The molecule has 0 spiro atoms. The molecule has 4 aromatic rings. The molecule has 0 unspecified atom stereocenters. The number of hydrogen-bond donors (Lipinski definition) is 1. The molecule has 0 aliphatic rings. The van der Waals surface area contributed by atoms with E-state index in [-0.39, 0.29) is 11.3 Å². The molecule has 0 saturated heterocycles. The molecule has 2 aromatic heterocycles. The molecular weight excluding hydrogens is 440 g/mol. The van der Waals surface area contributed by atoms with Crippen LogP contribution in [0.2, 0.25) is 0 Å². The van der Waals surface area contributed by atoms with Gasteiger partial charge in [0.25, 0.3) is 0 Å². The van der Waals surface area contributed by atoms with Gasteiger partial charge in [0, 0.05) is 11.8 Å². The second-order valence-electron chi connectivity index (χ2n) is 6.66. The van der Waals surface area contributed by atoms with E-state index in [2.05, 4.69) is 25.0 Å². The van der Waals surface area contributed by atoms with Gasteiger partial charge in [0.1, 0.15) is 11.6 Å². The minimum Gasteiger partial charge on any atom is -0.406 e. The zero-order valence-corrected chi connectivity index (χ0v) is 16.2. The molecule has 2 heterocycles. The number of nitrogens with zero attached hydrogens (tertiary/aromatic N) is 4. The number of hydrogen-bond acceptors (Lipinski definition) is 5. The normalized spacial score (nSPS) is 12.2. The molecule has 6 nitrogen and oxygen atoms in total. The Morgan fingerprint density at radius 1 is 0.906 bits per heavy atom. The van der Waals surface area contributed by atoms with Gasteiger partial charge in [-0.15, -0.1) is 13.2 Å². The Balaban J connectivity index is 1.63. The number of rotatable bonds is 4. The lowest BCUT2D eigenvalue weighted by atomic mass is 10.2. The Hall–Kier alpha value is -3.83. The van der Waals surface area contributed by atoms with E-state index in [1.54, 1.807) is 11.5 Å². The maximum Gasteiger partial charge on any atom is 0.573 e. The van der Waals surface area contributed by atoms with Crippen molar-refractivity contribution in [3.8, 4) is 11.6 Å². The number of imidazole rings is 1. The molecule has 0 fully saturated rings. The predicted molar refractivity (Wildman–Crippen MR) is 103 cm³/mol. The zero-order valence-electron chi connectivity index (χ0n) is 16.2. The van der Waals surface area contributed by atoms with Gasteiger partial charge in [0.15, 0.2) is 11.6 Å². The zero-order chi connectivity index (χ0) is 23.1. The van der Waals surface area contributed by atoms with Crippen molar-refractivity contribution in [2.75, 3.05) is 5.32 Å². The van der Waals surface area contributed by atoms with Crippen molar-refractivity contribution in [3.05, 3.63) is 66.2 Å². The van der Waals surface area contributed by atoms with Crippen molar-refractivity contribution in [2.45, 2.75) is 19.5 Å². The van der Waals surface area contributed by atoms with E-state index in [9.17, 15) is 26.3 Å². The first-order valence-electron chi connectivity index (χ1n) is 9.01. The fourth-order valence-corrected chi connectivity index (χ4v) is 3.08. The second kappa shape index (κ2) is 7.70. The number of ether oxygens (including phenoxy) is 1. The standard InChI is InChI=1S/C20H13F6N5O/c1-11-28-15-8-14(32-20(24,25)26)6-7-16(15)31(11)18-10-27-9-17(30-18)29-13-4-2-12(3-5-13)19(21,22)23/h2-10H,1H3,(H,29,30). The van der Waals surface area contributed by atoms with Crippen molar-refractivity contribution in [1.82, 2.24) is 19.5 Å². The minimum atomic E-state index is -4.82. The molecule has 32 heavy (non-hydrogen) atoms. The summed E-state index contributed by atoms with van der Waals surface area (Å²) in [4.78, 5) is 12.7. The van der Waals surface area contributed by atoms with Crippen LogP contribution in [0.5, 0.6) is 5.75 Å². The van der Waals surface area contributed by atoms with Gasteiger partial charge >= 0.3 is 12.5 Å². The van der Waals surface area contributed by atoms with Gasteiger partial charge in [0.2, 0.25) is 0 Å². The number of fused-ring (bicyclic) bond motifs is 1. The average Bonchev–Trinajstić information content (AvgIpc) is 3.01. The second-order valence-corrected chi connectivity index (χ2v) is 6.66. The highest BCUT2D eigenvalue weighted by Gasteiger charge is 2.31. The number of halogens is 6. The lowest BCUT2D eigenvalue weighted by Gasteiger charge is -2.11. The van der Waals surface area contributed by atoms with Crippen molar-refractivity contribution in [1.29, 1.82) is 0 Å². The monoisotopic (exact) mass is 453 g/mol. The first-order valence-corrected chi connectivity index (χ1v) is 9.01. The van der Waals surface area contributed by atoms with Gasteiger partial charge in [-0.3, -0.25) is 9.55 Å². The maximum atomic E-state index is 12.7. The third kappa shape index (κ3) is 4.58. The summed E-state index contributed by atoms with van der Waals surface area (Å²) in [5.41, 5.74) is 0.313. The number of nitrogens with one attached hydrogen (secondary N) is 1. The molecular formula is C20H13F6N5O. The van der Waals surface area contributed by atoms with Crippen LogP contribution in [0.25, 0.3) is 16.9 Å². The van der Waals surface area contributed by atoms with Crippen LogP contribution >= 0.6 is 0 Å². The van der Waals surface area contributed by atoms with E-state index in [4.69, 9.17) is 0 Å². The van der Waals surface area contributed by atoms with Crippen molar-refractivity contribution < 1.29 is 31.1 Å². The van der Waals surface area contributed by atoms with E-state index in [0.29, 0.717) is 22.8 Å². The first kappa shape index (κ1) is 21.4. The highest BCUT2D eigenvalue weighted by molar-refractivity contribution is 5.79. The molecule has 0 radical (unpaired) electrons. The summed E-state index contributed by atoms with van der Waals surface area (Å²) in [7, 11) is 0. The molecule has 12 heteroatoms. The van der Waals surface area contributed by atoms with Gasteiger partial charge in [0.05, 0.1) is 29.0 Å². The van der Waals surface area contributed by atoms with Gasteiger partial charge in [-0.05, 0) is 43.3 Å². The summed E-state index contributed by atoms with van der Waals surface area (Å²) >= 11 is 0. The maximum absolute atomic E-state index is 12.7. The van der Waals surface area contributed by atoms with Crippen LogP contribution in [-0.2, 0) is 6.18 Å². The SMILES string of the molecule is Cc1nc2cc(OC(F)(F)F)ccc2n1-c1cncc(Nc2ccc(C(F)(F)F)cc2)n1. The van der Waals surface area contributed by atoms with Crippen LogP contribution in [0, 0.1) is 6.92 Å². The number of aryl methyl sites for hydroxylation is 1. The summed E-state index contributed by atoms with van der Waals surface area (Å²) in [6.45, 7) is 1.64. The Morgan fingerprint density at radius 3 is 2.28 bits per heavy atom. The molecule has 0 saturated carbocycles. The third-order valence-corrected chi connectivity index (χ3v) is 4.36. The lowest BCUT2D eigenvalue weighted by molar-refractivity contribution is -0.274. The minimum absolute atomic E-state index is 0.250. The molecule has 0 bridgehead atoms. The smallest absolute Gasteiger partial charge is 0.406 e. The highest BCUT2D eigenvalue weighted by Crippen LogP contribution is 2.31. The number of alkyl halides is 6. The number of aromatic nitrogens is 4. The summed E-state index contributed by atoms with van der Waals surface area (Å²) < 4.78 is 81.0. The summed E-state index contributed by atoms with van der Waals surface area (Å²) in [6, 6.07) is 8.12. The Morgan fingerprint density at radius 2 is 1.62 bits per heavy atom. The molecule has 166 valence electrons. The molecule has 0 amide bonds. The third-order valence-electron chi connectivity index (χ3n) is 4.36. The first-order chi connectivity index (χ1) is 15.0. The van der Waals surface area contributed by atoms with Gasteiger partial charge in [-0.25, -0.2) is 9.97 Å². The number of anilines is 2. The number of benzene rings is 2. The fraction of sp³-hybridized carbons (Fsp3) is 0.150.